The second kappa shape index (κ2) is 15.8. The smallest absolute Gasteiger partial charge is 0.311 e. The molecule has 4 aliphatic heterocycles. The summed E-state index contributed by atoms with van der Waals surface area (Å²) in [5.74, 6) is -2.49. The van der Waals surface area contributed by atoms with Gasteiger partial charge in [-0.15, -0.1) is 0 Å². The van der Waals surface area contributed by atoms with Crippen LogP contribution in [0.1, 0.15) is 88.5 Å². The molecule has 0 aromatic carbocycles. The van der Waals surface area contributed by atoms with Crippen molar-refractivity contribution >= 4 is 5.97 Å². The first-order chi connectivity index (χ1) is 23.1. The second-order valence-electron chi connectivity index (χ2n) is 16.4. The van der Waals surface area contributed by atoms with Crippen molar-refractivity contribution in [2.75, 3.05) is 27.3 Å². The molecule has 0 aromatic heterocycles. The number of hydrogen-bond donors (Lipinski definition) is 6. The third-order valence-electron chi connectivity index (χ3n) is 12.2. The number of epoxide rings is 1. The van der Waals surface area contributed by atoms with Crippen LogP contribution < -0.4 is 10.6 Å². The Morgan fingerprint density at radius 2 is 1.58 bits per heavy atom. The summed E-state index contributed by atoms with van der Waals surface area (Å²) in [4.78, 5) is 14.0. The van der Waals surface area contributed by atoms with Crippen LogP contribution in [0.5, 0.6) is 0 Å². The first-order valence-corrected chi connectivity index (χ1v) is 18.4. The fourth-order valence-corrected chi connectivity index (χ4v) is 8.41. The number of aliphatic hydroxyl groups is 4. The lowest BCUT2D eigenvalue weighted by molar-refractivity contribution is -0.312. The number of nitrogens with one attached hydrogen (secondary N) is 2. The van der Waals surface area contributed by atoms with E-state index < -0.39 is 89.4 Å². The Labute approximate surface area is 298 Å². The molecule has 292 valence electrons. The molecule has 4 aliphatic rings. The fraction of sp³-hybridized carbons (Fsp3) is 0.972. The van der Waals surface area contributed by atoms with E-state index in [-0.39, 0.29) is 30.6 Å². The Bertz CT molecular complexity index is 1140. The molecule has 4 fully saturated rings. The first kappa shape index (κ1) is 41.7. The Morgan fingerprint density at radius 1 is 0.940 bits per heavy atom. The minimum absolute atomic E-state index is 0.138. The number of rotatable bonds is 6. The van der Waals surface area contributed by atoms with Crippen LogP contribution in [0.25, 0.3) is 0 Å². The van der Waals surface area contributed by atoms with Crippen molar-refractivity contribution < 1.29 is 58.4 Å². The van der Waals surface area contributed by atoms with E-state index in [0.29, 0.717) is 26.0 Å². The SMILES string of the molecule is CN[C@H]1C[C@@H](C)O[C@@H](O[C@@H]2[C@@H](C)[C@H](O[C@H]3C[C@@](C)(OC)[C@]4(CO4)[C@H](C)O3)[C@@H](C)C(=O)O[C@H](C)[C@@](C)(O)[C@H](O)[C@@H](C)NC[C@H](C)C[C@@]2(C)O)[C@@H]1O. The molecular formula is C36H66N2O12. The number of carbonyl (C=O) groups excluding carboxylic acids is 1. The molecule has 0 aliphatic carbocycles. The van der Waals surface area contributed by atoms with Crippen LogP contribution in [0.4, 0.5) is 0 Å². The van der Waals surface area contributed by atoms with Crippen LogP contribution in [0, 0.1) is 17.8 Å². The maximum atomic E-state index is 14.0. The standard InChI is InChI=1S/C36H66N2O12/c1-18-14-33(8,42)30(50-32-27(39)25(37-11)13-19(2)46-32)20(3)28(49-26-15-34(9,44-12)36(17-45-36)24(7)47-26)21(4)31(41)48-23(6)35(10,43)29(40)22(5)38-16-18/h18-30,32,37-40,42-43H,13-17H2,1-12H3/t18-,19-,20+,21-,22-,23-,24+,25+,26+,27-,28+,29-,30-,32+,33-,34-,35-,36+/m1/s1. The lowest BCUT2D eigenvalue weighted by Crippen LogP contribution is -2.61. The summed E-state index contributed by atoms with van der Waals surface area (Å²) in [6.45, 7) is 18.5. The molecule has 1 spiro atoms. The Balaban J connectivity index is 1.76. The third-order valence-corrected chi connectivity index (χ3v) is 12.2. The molecule has 0 unspecified atom stereocenters. The molecule has 4 rings (SSSR count). The van der Waals surface area contributed by atoms with Gasteiger partial charge in [-0.2, -0.15) is 0 Å². The van der Waals surface area contributed by atoms with Gasteiger partial charge in [0.05, 0.1) is 42.5 Å². The van der Waals surface area contributed by atoms with Gasteiger partial charge in [-0.1, -0.05) is 13.8 Å². The van der Waals surface area contributed by atoms with Gasteiger partial charge in [0, 0.05) is 31.5 Å². The summed E-state index contributed by atoms with van der Waals surface area (Å²) in [7, 11) is 3.39. The number of aliphatic hydroxyl groups excluding tert-OH is 2. The quantitative estimate of drug-likeness (QED) is 0.170. The van der Waals surface area contributed by atoms with E-state index in [4.69, 9.17) is 33.2 Å². The number of likely N-dealkylation sites (N-methyl/N-ethyl adjacent to an activating group) is 1. The molecule has 18 atom stereocenters. The van der Waals surface area contributed by atoms with Crippen molar-refractivity contribution in [2.24, 2.45) is 17.8 Å². The van der Waals surface area contributed by atoms with Crippen molar-refractivity contribution in [2.45, 2.75) is 178 Å². The van der Waals surface area contributed by atoms with E-state index in [1.54, 1.807) is 41.9 Å². The summed E-state index contributed by atoms with van der Waals surface area (Å²) in [5.41, 5.74) is -4.68. The van der Waals surface area contributed by atoms with E-state index >= 15 is 0 Å². The van der Waals surface area contributed by atoms with E-state index in [2.05, 4.69) is 10.6 Å². The summed E-state index contributed by atoms with van der Waals surface area (Å²) in [6, 6.07) is -0.883. The van der Waals surface area contributed by atoms with Crippen LogP contribution >= 0.6 is 0 Å². The van der Waals surface area contributed by atoms with Gasteiger partial charge >= 0.3 is 5.97 Å². The minimum Gasteiger partial charge on any atom is -0.459 e. The molecule has 0 bridgehead atoms. The maximum Gasteiger partial charge on any atom is 0.311 e. The van der Waals surface area contributed by atoms with Gasteiger partial charge in [-0.3, -0.25) is 4.79 Å². The van der Waals surface area contributed by atoms with Crippen LogP contribution in [0.15, 0.2) is 0 Å². The molecule has 4 saturated heterocycles. The van der Waals surface area contributed by atoms with Gasteiger partial charge in [0.15, 0.2) is 12.6 Å². The molecule has 6 N–H and O–H groups in total. The maximum absolute atomic E-state index is 14.0. The molecule has 0 radical (unpaired) electrons. The highest BCUT2D eigenvalue weighted by Gasteiger charge is 2.67. The Kier molecular flexibility index (Phi) is 13.2. The minimum atomic E-state index is -1.79. The lowest BCUT2D eigenvalue weighted by Gasteiger charge is -2.48. The zero-order valence-corrected chi connectivity index (χ0v) is 32.2. The number of hydrogen-bond acceptors (Lipinski definition) is 14. The van der Waals surface area contributed by atoms with Crippen LogP contribution in [-0.2, 0) is 38.0 Å². The zero-order valence-electron chi connectivity index (χ0n) is 32.2. The van der Waals surface area contributed by atoms with Crippen LogP contribution in [0.2, 0.25) is 0 Å². The summed E-state index contributed by atoms with van der Waals surface area (Å²) in [6.07, 6.45) is -6.86. The number of cyclic esters (lactones) is 1. The molecule has 50 heavy (non-hydrogen) atoms. The summed E-state index contributed by atoms with van der Waals surface area (Å²) in [5, 5.41) is 52.7. The summed E-state index contributed by atoms with van der Waals surface area (Å²) < 4.78 is 43.7. The van der Waals surface area contributed by atoms with Crippen molar-refractivity contribution in [1.82, 2.24) is 10.6 Å². The van der Waals surface area contributed by atoms with E-state index in [1.807, 2.05) is 34.6 Å². The van der Waals surface area contributed by atoms with Gasteiger partial charge in [-0.05, 0) is 87.7 Å². The predicted octanol–water partition coefficient (Wildman–Crippen LogP) is 1.23. The highest BCUT2D eigenvalue weighted by Crippen LogP contribution is 2.51. The third kappa shape index (κ3) is 8.37. The van der Waals surface area contributed by atoms with Crippen molar-refractivity contribution in [3.63, 3.8) is 0 Å². The van der Waals surface area contributed by atoms with E-state index in [1.165, 1.54) is 6.92 Å². The van der Waals surface area contributed by atoms with E-state index in [9.17, 15) is 25.2 Å². The van der Waals surface area contributed by atoms with Crippen molar-refractivity contribution in [3.8, 4) is 0 Å². The van der Waals surface area contributed by atoms with Gasteiger partial charge < -0.3 is 64.2 Å². The zero-order chi connectivity index (χ0) is 37.6. The molecule has 14 heteroatoms. The predicted molar refractivity (Wildman–Crippen MR) is 183 cm³/mol. The van der Waals surface area contributed by atoms with Crippen molar-refractivity contribution in [3.05, 3.63) is 0 Å². The number of methoxy groups -OCH3 is 1. The largest absolute Gasteiger partial charge is 0.459 e. The summed E-state index contributed by atoms with van der Waals surface area (Å²) >= 11 is 0. The highest BCUT2D eigenvalue weighted by atomic mass is 16.7. The van der Waals surface area contributed by atoms with Gasteiger partial charge in [0.2, 0.25) is 0 Å². The fourth-order valence-electron chi connectivity index (χ4n) is 8.41. The Hall–Kier alpha value is -1.01. The first-order valence-electron chi connectivity index (χ1n) is 18.4. The highest BCUT2D eigenvalue weighted by molar-refractivity contribution is 5.73. The van der Waals surface area contributed by atoms with Gasteiger partial charge in [0.1, 0.15) is 35.1 Å². The average molecular weight is 719 g/mol. The average Bonchev–Trinajstić information content (AvgIpc) is 3.86. The van der Waals surface area contributed by atoms with Crippen LogP contribution in [0.3, 0.4) is 0 Å². The Morgan fingerprint density at radius 3 is 2.16 bits per heavy atom. The molecule has 0 amide bonds. The molecule has 4 heterocycles. The monoisotopic (exact) mass is 718 g/mol. The number of ether oxygens (including phenoxy) is 7. The van der Waals surface area contributed by atoms with E-state index in [0.717, 1.165) is 0 Å². The molecular weight excluding hydrogens is 652 g/mol. The second-order valence-corrected chi connectivity index (χ2v) is 16.4. The van der Waals surface area contributed by atoms with Gasteiger partial charge in [0.25, 0.3) is 0 Å². The topological polar surface area (TPSA) is 190 Å². The number of esters is 1. The van der Waals surface area contributed by atoms with Crippen LogP contribution in [-0.4, -0.2) is 144 Å². The molecule has 14 nitrogen and oxygen atoms in total. The molecule has 0 saturated carbocycles. The lowest BCUT2D eigenvalue weighted by atomic mass is 9.77. The number of carbonyl (C=O) groups is 1. The van der Waals surface area contributed by atoms with Crippen molar-refractivity contribution in [1.29, 1.82) is 0 Å². The molecule has 0 aromatic rings. The normalized spacial score (nSPS) is 52.9. The van der Waals surface area contributed by atoms with Gasteiger partial charge in [-0.25, -0.2) is 0 Å².